The maximum absolute atomic E-state index is 13.6. The van der Waals surface area contributed by atoms with Gasteiger partial charge in [0.15, 0.2) is 0 Å². The molecule has 120 valence electrons. The summed E-state index contributed by atoms with van der Waals surface area (Å²) >= 11 is 0. The molecule has 2 saturated heterocycles. The third-order valence-electron chi connectivity index (χ3n) is 4.03. The third kappa shape index (κ3) is 3.63. The third-order valence-corrected chi connectivity index (χ3v) is 4.03. The Balaban J connectivity index is 1.94. The van der Waals surface area contributed by atoms with Gasteiger partial charge in [-0.3, -0.25) is 4.79 Å². The Bertz CT molecular complexity index is 438. The predicted octanol–water partition coefficient (Wildman–Crippen LogP) is 2.16. The van der Waals surface area contributed by atoms with Crippen LogP contribution in [0.4, 0.5) is 13.6 Å². The van der Waals surface area contributed by atoms with Gasteiger partial charge >= 0.3 is 12.0 Å². The minimum atomic E-state index is -3.31. The van der Waals surface area contributed by atoms with Gasteiger partial charge in [0.25, 0.3) is 5.91 Å². The summed E-state index contributed by atoms with van der Waals surface area (Å²) in [7, 11) is 0. The standard InChI is InChI=1S/C14H22F2N2O3/c1-12(2,3)21-11(20)18-6-4-13(5-7-18)8-14(15,16)10(19)17-9-13/h4-9H2,1-3H3,(H,17,19). The average molecular weight is 304 g/mol. The Morgan fingerprint density at radius 1 is 1.29 bits per heavy atom. The maximum atomic E-state index is 13.6. The van der Waals surface area contributed by atoms with Crippen LogP contribution in [0.5, 0.6) is 0 Å². The number of rotatable bonds is 0. The molecule has 1 N–H and O–H groups in total. The van der Waals surface area contributed by atoms with Crippen LogP contribution >= 0.6 is 0 Å². The van der Waals surface area contributed by atoms with Crippen molar-refractivity contribution in [2.45, 2.75) is 51.6 Å². The molecule has 0 atom stereocenters. The Morgan fingerprint density at radius 3 is 2.33 bits per heavy atom. The van der Waals surface area contributed by atoms with Gasteiger partial charge in [0.1, 0.15) is 5.60 Å². The van der Waals surface area contributed by atoms with Crippen molar-refractivity contribution >= 4 is 12.0 Å². The van der Waals surface area contributed by atoms with Crippen molar-refractivity contribution in [2.75, 3.05) is 19.6 Å². The molecule has 0 aliphatic carbocycles. The highest BCUT2D eigenvalue weighted by Gasteiger charge is 2.52. The molecule has 0 aromatic carbocycles. The lowest BCUT2D eigenvalue weighted by Crippen LogP contribution is -2.58. The zero-order chi connectivity index (χ0) is 15.9. The zero-order valence-corrected chi connectivity index (χ0v) is 12.7. The number of hydrogen-bond acceptors (Lipinski definition) is 3. The lowest BCUT2D eigenvalue weighted by Gasteiger charge is -2.45. The number of carbonyl (C=O) groups excluding carboxylic acids is 2. The average Bonchev–Trinajstić information content (AvgIpc) is 2.33. The smallest absolute Gasteiger partial charge is 0.410 e. The first-order valence-corrected chi connectivity index (χ1v) is 7.17. The van der Waals surface area contributed by atoms with E-state index < -0.39 is 35.4 Å². The minimum absolute atomic E-state index is 0.254. The summed E-state index contributed by atoms with van der Waals surface area (Å²) in [6.07, 6.45) is 0.0436. The summed E-state index contributed by atoms with van der Waals surface area (Å²) in [5, 5.41) is 2.29. The maximum Gasteiger partial charge on any atom is 0.410 e. The van der Waals surface area contributed by atoms with E-state index in [1.165, 1.54) is 0 Å². The van der Waals surface area contributed by atoms with E-state index in [2.05, 4.69) is 5.32 Å². The number of carbonyl (C=O) groups is 2. The molecule has 2 aliphatic rings. The van der Waals surface area contributed by atoms with E-state index in [1.54, 1.807) is 25.7 Å². The molecule has 0 unspecified atom stereocenters. The molecular formula is C14H22F2N2O3. The van der Waals surface area contributed by atoms with Crippen LogP contribution < -0.4 is 5.32 Å². The van der Waals surface area contributed by atoms with Crippen LogP contribution in [0.15, 0.2) is 0 Å². The van der Waals surface area contributed by atoms with Gasteiger partial charge in [0, 0.05) is 26.1 Å². The van der Waals surface area contributed by atoms with Gasteiger partial charge < -0.3 is 15.0 Å². The topological polar surface area (TPSA) is 58.6 Å². The van der Waals surface area contributed by atoms with Crippen LogP contribution in [0.25, 0.3) is 0 Å². The normalized spacial score (nSPS) is 24.6. The summed E-state index contributed by atoms with van der Waals surface area (Å²) in [6.45, 7) is 6.36. The molecule has 1 spiro atoms. The first-order valence-electron chi connectivity index (χ1n) is 7.17. The van der Waals surface area contributed by atoms with Gasteiger partial charge in [-0.25, -0.2) is 4.79 Å². The predicted molar refractivity (Wildman–Crippen MR) is 72.0 cm³/mol. The molecule has 2 amide bonds. The lowest BCUT2D eigenvalue weighted by atomic mass is 9.72. The lowest BCUT2D eigenvalue weighted by molar-refractivity contribution is -0.160. The Kier molecular flexibility index (Phi) is 3.88. The number of amides is 2. The summed E-state index contributed by atoms with van der Waals surface area (Å²) in [5.41, 5.74) is -1.19. The molecular weight excluding hydrogens is 282 g/mol. The summed E-state index contributed by atoms with van der Waals surface area (Å²) in [6, 6.07) is 0. The monoisotopic (exact) mass is 304 g/mol. The van der Waals surface area contributed by atoms with E-state index in [0.717, 1.165) is 0 Å². The molecule has 2 fully saturated rings. The second-order valence-corrected chi connectivity index (χ2v) is 7.03. The van der Waals surface area contributed by atoms with Crippen molar-refractivity contribution in [2.24, 2.45) is 5.41 Å². The molecule has 2 aliphatic heterocycles. The van der Waals surface area contributed by atoms with E-state index in [9.17, 15) is 18.4 Å². The van der Waals surface area contributed by atoms with Crippen molar-refractivity contribution in [3.8, 4) is 0 Å². The number of halogens is 2. The zero-order valence-electron chi connectivity index (χ0n) is 12.7. The van der Waals surface area contributed by atoms with Crippen molar-refractivity contribution in [3.05, 3.63) is 0 Å². The van der Waals surface area contributed by atoms with Crippen LogP contribution in [-0.2, 0) is 9.53 Å². The minimum Gasteiger partial charge on any atom is -0.444 e. The van der Waals surface area contributed by atoms with Crippen LogP contribution in [0.3, 0.4) is 0 Å². The largest absolute Gasteiger partial charge is 0.444 e. The quantitative estimate of drug-likeness (QED) is 0.746. The second-order valence-electron chi connectivity index (χ2n) is 7.03. The van der Waals surface area contributed by atoms with Gasteiger partial charge in [-0.1, -0.05) is 0 Å². The fraction of sp³-hybridized carbons (Fsp3) is 0.857. The van der Waals surface area contributed by atoms with E-state index in [4.69, 9.17) is 4.74 Å². The van der Waals surface area contributed by atoms with E-state index in [1.807, 2.05) is 0 Å². The first kappa shape index (κ1) is 16.0. The van der Waals surface area contributed by atoms with Crippen molar-refractivity contribution < 1.29 is 23.1 Å². The number of alkyl halides is 2. The molecule has 0 aromatic rings. The molecule has 0 saturated carbocycles. The van der Waals surface area contributed by atoms with Crippen LogP contribution in [0, 0.1) is 5.41 Å². The van der Waals surface area contributed by atoms with E-state index in [-0.39, 0.29) is 6.54 Å². The van der Waals surface area contributed by atoms with E-state index >= 15 is 0 Å². The molecule has 5 nitrogen and oxygen atoms in total. The SMILES string of the molecule is CC(C)(C)OC(=O)N1CCC2(CC1)CNC(=O)C(F)(F)C2. The Hall–Kier alpha value is -1.40. The molecule has 21 heavy (non-hydrogen) atoms. The Labute approximate surface area is 123 Å². The van der Waals surface area contributed by atoms with Crippen molar-refractivity contribution in [1.29, 1.82) is 0 Å². The van der Waals surface area contributed by atoms with Crippen molar-refractivity contribution in [1.82, 2.24) is 10.2 Å². The summed E-state index contributed by atoms with van der Waals surface area (Å²) < 4.78 is 32.5. The molecule has 7 heteroatoms. The number of nitrogens with zero attached hydrogens (tertiary/aromatic N) is 1. The number of nitrogens with one attached hydrogen (secondary N) is 1. The van der Waals surface area contributed by atoms with Gasteiger partial charge in [-0.2, -0.15) is 8.78 Å². The number of hydrogen-bond donors (Lipinski definition) is 1. The number of ether oxygens (including phenoxy) is 1. The molecule has 0 radical (unpaired) electrons. The Morgan fingerprint density at radius 2 is 1.86 bits per heavy atom. The first-order chi connectivity index (χ1) is 9.53. The van der Waals surface area contributed by atoms with Crippen LogP contribution in [0.1, 0.15) is 40.0 Å². The highest BCUT2D eigenvalue weighted by atomic mass is 19.3. The molecule has 2 heterocycles. The van der Waals surface area contributed by atoms with Gasteiger partial charge in [-0.05, 0) is 39.0 Å². The number of likely N-dealkylation sites (tertiary alicyclic amines) is 1. The highest BCUT2D eigenvalue weighted by Crippen LogP contribution is 2.43. The highest BCUT2D eigenvalue weighted by molar-refractivity contribution is 5.84. The van der Waals surface area contributed by atoms with Crippen molar-refractivity contribution in [3.63, 3.8) is 0 Å². The fourth-order valence-electron chi connectivity index (χ4n) is 2.85. The van der Waals surface area contributed by atoms with Gasteiger partial charge in [0.05, 0.1) is 0 Å². The molecule has 2 rings (SSSR count). The molecule has 0 bridgehead atoms. The van der Waals surface area contributed by atoms with Gasteiger partial charge in [-0.15, -0.1) is 0 Å². The second kappa shape index (κ2) is 5.10. The molecule has 0 aromatic heterocycles. The van der Waals surface area contributed by atoms with Crippen LogP contribution in [-0.4, -0.2) is 48.1 Å². The number of piperidine rings is 2. The summed E-state index contributed by atoms with van der Waals surface area (Å²) in [4.78, 5) is 24.6. The van der Waals surface area contributed by atoms with Gasteiger partial charge in [0.2, 0.25) is 0 Å². The fourth-order valence-corrected chi connectivity index (χ4v) is 2.85. The summed E-state index contributed by atoms with van der Waals surface area (Å²) in [5.74, 6) is -4.51. The van der Waals surface area contributed by atoms with E-state index in [0.29, 0.717) is 25.9 Å². The van der Waals surface area contributed by atoms with Crippen LogP contribution in [0.2, 0.25) is 0 Å².